The Kier molecular flexibility index (Phi) is 8.79. The van der Waals surface area contributed by atoms with Gasteiger partial charge in [0.05, 0.1) is 26.7 Å². The lowest BCUT2D eigenvalue weighted by Gasteiger charge is -2.33. The Morgan fingerprint density at radius 3 is 2.15 bits per heavy atom. The van der Waals surface area contributed by atoms with Gasteiger partial charge >= 0.3 is 0 Å². The number of nitrogens with zero attached hydrogens (tertiary/aromatic N) is 1. The van der Waals surface area contributed by atoms with Crippen LogP contribution in [0.2, 0.25) is 0 Å². The first-order valence-corrected chi connectivity index (χ1v) is 8.97. The first-order chi connectivity index (χ1) is 9.53. The Hall–Kier alpha value is -0.0800. The number of hydrogen-bond donors (Lipinski definition) is 0. The molecule has 0 heterocycles. The highest BCUT2D eigenvalue weighted by Gasteiger charge is 2.22. The first-order valence-electron chi connectivity index (χ1n) is 8.97. The van der Waals surface area contributed by atoms with E-state index in [1.165, 1.54) is 70.8 Å². The molecule has 0 aliphatic heterocycles. The predicted octanol–water partition coefficient (Wildman–Crippen LogP) is 4.98. The summed E-state index contributed by atoms with van der Waals surface area (Å²) in [6.07, 6.45) is 14.1. The van der Waals surface area contributed by atoms with Crippen molar-refractivity contribution in [2.24, 2.45) is 5.92 Å². The minimum absolute atomic E-state index is 0.535. The number of quaternary nitrogens is 1. The van der Waals surface area contributed by atoms with E-state index >= 15 is 0 Å². The van der Waals surface area contributed by atoms with Crippen molar-refractivity contribution >= 4 is 0 Å². The van der Waals surface area contributed by atoms with Gasteiger partial charge in [-0.05, 0) is 44.4 Å². The molecule has 2 nitrogen and oxygen atoms in total. The highest BCUT2D eigenvalue weighted by Crippen LogP contribution is 2.25. The Labute approximate surface area is 127 Å². The van der Waals surface area contributed by atoms with Crippen molar-refractivity contribution in [2.45, 2.75) is 84.2 Å². The van der Waals surface area contributed by atoms with E-state index in [2.05, 4.69) is 27.9 Å². The maximum Gasteiger partial charge on any atom is 0.183 e. The van der Waals surface area contributed by atoms with Crippen molar-refractivity contribution in [3.8, 4) is 0 Å². The third kappa shape index (κ3) is 8.26. The summed E-state index contributed by atoms with van der Waals surface area (Å²) in [6, 6.07) is 0. The Bertz CT molecular complexity index is 232. The van der Waals surface area contributed by atoms with E-state index in [-0.39, 0.29) is 0 Å². The number of rotatable bonds is 10. The zero-order valence-electron chi connectivity index (χ0n) is 14.5. The molecular formula is C18H38NO+. The van der Waals surface area contributed by atoms with Gasteiger partial charge in [0.25, 0.3) is 0 Å². The second kappa shape index (κ2) is 9.78. The first kappa shape index (κ1) is 18.0. The van der Waals surface area contributed by atoms with Crippen LogP contribution in [0.3, 0.4) is 0 Å². The maximum absolute atomic E-state index is 6.16. The molecule has 120 valence electrons. The molecule has 0 aromatic heterocycles. The molecule has 0 aromatic carbocycles. The smallest absolute Gasteiger partial charge is 0.183 e. The molecule has 1 rings (SSSR count). The van der Waals surface area contributed by atoms with Crippen LogP contribution in [0.4, 0.5) is 0 Å². The Morgan fingerprint density at radius 2 is 1.50 bits per heavy atom. The van der Waals surface area contributed by atoms with Gasteiger partial charge in [-0.1, -0.05) is 39.5 Å². The van der Waals surface area contributed by atoms with E-state index in [0.29, 0.717) is 6.10 Å². The van der Waals surface area contributed by atoms with Crippen LogP contribution in [0, 0.1) is 5.92 Å². The van der Waals surface area contributed by atoms with E-state index < -0.39 is 0 Å². The zero-order chi connectivity index (χ0) is 14.8. The van der Waals surface area contributed by atoms with Crippen LogP contribution in [0.5, 0.6) is 0 Å². The molecule has 0 radical (unpaired) electrons. The molecule has 1 aliphatic rings. The van der Waals surface area contributed by atoms with E-state index in [1.54, 1.807) is 0 Å². The van der Waals surface area contributed by atoms with Crippen LogP contribution in [0.15, 0.2) is 0 Å². The quantitative estimate of drug-likeness (QED) is 0.312. The summed E-state index contributed by atoms with van der Waals surface area (Å²) in [5, 5.41) is 0. The summed E-state index contributed by atoms with van der Waals surface area (Å²) in [4.78, 5) is 0. The lowest BCUT2D eigenvalue weighted by atomic mass is 9.89. The Morgan fingerprint density at radius 1 is 0.900 bits per heavy atom. The molecule has 0 spiro atoms. The molecular weight excluding hydrogens is 246 g/mol. The van der Waals surface area contributed by atoms with Crippen molar-refractivity contribution in [1.82, 2.24) is 0 Å². The average molecular weight is 285 g/mol. The van der Waals surface area contributed by atoms with Gasteiger partial charge in [0.2, 0.25) is 0 Å². The molecule has 1 saturated carbocycles. The van der Waals surface area contributed by atoms with Crippen LogP contribution in [0.1, 0.15) is 78.1 Å². The summed E-state index contributed by atoms with van der Waals surface area (Å²) in [6.45, 7) is 6.81. The molecule has 20 heavy (non-hydrogen) atoms. The summed E-state index contributed by atoms with van der Waals surface area (Å²) in [7, 11) is 4.63. The normalized spacial score (nSPS) is 24.0. The SMILES string of the molecule is CCCCCCCC[N+](C)(C)COC1CCC(C)CC1. The van der Waals surface area contributed by atoms with Gasteiger partial charge in [0, 0.05) is 0 Å². The molecule has 0 bridgehead atoms. The molecule has 0 unspecified atom stereocenters. The standard InChI is InChI=1S/C18H38NO/c1-5-6-7-8-9-10-15-19(3,4)16-20-18-13-11-17(2)12-14-18/h17-18H,5-16H2,1-4H3/q+1. The van der Waals surface area contributed by atoms with Gasteiger partial charge in [-0.2, -0.15) is 0 Å². The monoisotopic (exact) mass is 284 g/mol. The topological polar surface area (TPSA) is 9.23 Å². The Balaban J connectivity index is 2.05. The van der Waals surface area contributed by atoms with Crippen LogP contribution < -0.4 is 0 Å². The number of hydrogen-bond acceptors (Lipinski definition) is 1. The van der Waals surface area contributed by atoms with Crippen molar-refractivity contribution < 1.29 is 9.22 Å². The lowest BCUT2D eigenvalue weighted by Crippen LogP contribution is -2.43. The minimum atomic E-state index is 0.535. The molecule has 0 N–H and O–H groups in total. The summed E-state index contributed by atoms with van der Waals surface area (Å²) in [5.41, 5.74) is 0. The summed E-state index contributed by atoms with van der Waals surface area (Å²) in [5.74, 6) is 0.917. The van der Waals surface area contributed by atoms with Crippen LogP contribution in [-0.4, -0.2) is 38.0 Å². The molecule has 0 saturated heterocycles. The van der Waals surface area contributed by atoms with Crippen LogP contribution in [0.25, 0.3) is 0 Å². The van der Waals surface area contributed by atoms with Gasteiger partial charge in [0.1, 0.15) is 0 Å². The second-order valence-electron chi connectivity index (χ2n) is 7.60. The molecule has 0 aromatic rings. The van der Waals surface area contributed by atoms with Crippen LogP contribution >= 0.6 is 0 Å². The minimum Gasteiger partial charge on any atom is -0.328 e. The number of unbranched alkanes of at least 4 members (excludes halogenated alkanes) is 5. The molecule has 2 heteroatoms. The van der Waals surface area contributed by atoms with Crippen molar-refractivity contribution in [1.29, 1.82) is 0 Å². The molecule has 0 amide bonds. The number of ether oxygens (including phenoxy) is 1. The fraction of sp³-hybridized carbons (Fsp3) is 1.00. The zero-order valence-corrected chi connectivity index (χ0v) is 14.5. The summed E-state index contributed by atoms with van der Waals surface area (Å²) < 4.78 is 7.19. The maximum atomic E-state index is 6.16. The van der Waals surface area contributed by atoms with E-state index in [0.717, 1.165) is 17.1 Å². The van der Waals surface area contributed by atoms with Gasteiger partial charge in [-0.25, -0.2) is 0 Å². The van der Waals surface area contributed by atoms with E-state index in [9.17, 15) is 0 Å². The van der Waals surface area contributed by atoms with Crippen molar-refractivity contribution in [2.75, 3.05) is 27.4 Å². The second-order valence-corrected chi connectivity index (χ2v) is 7.60. The van der Waals surface area contributed by atoms with Crippen molar-refractivity contribution in [3.05, 3.63) is 0 Å². The van der Waals surface area contributed by atoms with Crippen LogP contribution in [-0.2, 0) is 4.74 Å². The highest BCUT2D eigenvalue weighted by atomic mass is 16.5. The highest BCUT2D eigenvalue weighted by molar-refractivity contribution is 4.69. The van der Waals surface area contributed by atoms with Gasteiger partial charge in [0.15, 0.2) is 6.73 Å². The van der Waals surface area contributed by atoms with Gasteiger partial charge in [-0.3, -0.25) is 0 Å². The fourth-order valence-electron chi connectivity index (χ4n) is 3.09. The summed E-state index contributed by atoms with van der Waals surface area (Å²) >= 11 is 0. The third-order valence-corrected chi connectivity index (χ3v) is 4.74. The fourth-order valence-corrected chi connectivity index (χ4v) is 3.09. The largest absolute Gasteiger partial charge is 0.328 e. The van der Waals surface area contributed by atoms with Crippen molar-refractivity contribution in [3.63, 3.8) is 0 Å². The molecule has 1 fully saturated rings. The predicted molar refractivity (Wildman–Crippen MR) is 87.7 cm³/mol. The third-order valence-electron chi connectivity index (χ3n) is 4.74. The van der Waals surface area contributed by atoms with E-state index in [1.807, 2.05) is 0 Å². The van der Waals surface area contributed by atoms with Gasteiger partial charge < -0.3 is 9.22 Å². The van der Waals surface area contributed by atoms with Gasteiger partial charge in [-0.15, -0.1) is 0 Å². The average Bonchev–Trinajstić information content (AvgIpc) is 2.42. The lowest BCUT2D eigenvalue weighted by molar-refractivity contribution is -0.910. The molecule has 0 atom stereocenters. The van der Waals surface area contributed by atoms with E-state index in [4.69, 9.17) is 4.74 Å². The molecule has 1 aliphatic carbocycles.